The van der Waals surface area contributed by atoms with Crippen LogP contribution < -0.4 is 15.0 Å². The lowest BCUT2D eigenvalue weighted by Crippen LogP contribution is -2.33. The van der Waals surface area contributed by atoms with Gasteiger partial charge in [-0.05, 0) is 58.7 Å². The van der Waals surface area contributed by atoms with Gasteiger partial charge in [0.2, 0.25) is 11.8 Å². The van der Waals surface area contributed by atoms with Crippen molar-refractivity contribution in [1.29, 1.82) is 0 Å². The zero-order valence-electron chi connectivity index (χ0n) is 15.2. The Kier molecular flexibility index (Phi) is 5.00. The molecule has 142 valence electrons. The second-order valence-electron chi connectivity index (χ2n) is 6.49. The lowest BCUT2D eigenvalue weighted by molar-refractivity contribution is -0.129. The number of hydrogen-bond donors (Lipinski definition) is 1. The Bertz CT molecular complexity index is 1070. The number of pyridine rings is 1. The van der Waals surface area contributed by atoms with Crippen molar-refractivity contribution in [3.05, 3.63) is 59.2 Å². The maximum absolute atomic E-state index is 12.9. The van der Waals surface area contributed by atoms with Gasteiger partial charge in [-0.2, -0.15) is 0 Å². The smallest absolute Gasteiger partial charge is 0.239 e. The number of carbonyl (C=O) groups excluding carboxylic acids is 2. The number of anilines is 2. The third kappa shape index (κ3) is 3.22. The average Bonchev–Trinajstić information content (AvgIpc) is 3.10. The van der Waals surface area contributed by atoms with Crippen LogP contribution in [0.25, 0.3) is 10.9 Å². The molecule has 0 bridgehead atoms. The lowest BCUT2D eigenvalue weighted by atomic mass is 10.1. The van der Waals surface area contributed by atoms with E-state index in [9.17, 15) is 9.59 Å². The summed E-state index contributed by atoms with van der Waals surface area (Å²) in [7, 11) is 1.58. The SMILES string of the molecule is COc1ccc(NC(=O)[C@H]2CCN(c3ccccc3Br)C2=O)c2cccnc12. The number of methoxy groups -OCH3 is 1. The fourth-order valence-electron chi connectivity index (χ4n) is 3.47. The van der Waals surface area contributed by atoms with Gasteiger partial charge in [-0.25, -0.2) is 0 Å². The van der Waals surface area contributed by atoms with Crippen LogP contribution >= 0.6 is 15.9 Å². The van der Waals surface area contributed by atoms with Crippen LogP contribution in [0, 0.1) is 5.92 Å². The van der Waals surface area contributed by atoms with E-state index in [4.69, 9.17) is 4.74 Å². The van der Waals surface area contributed by atoms with Gasteiger partial charge in [-0.3, -0.25) is 14.6 Å². The number of amides is 2. The number of rotatable bonds is 4. The monoisotopic (exact) mass is 439 g/mol. The molecule has 1 aliphatic rings. The first-order valence-electron chi connectivity index (χ1n) is 8.88. The molecule has 1 saturated heterocycles. The molecule has 2 aromatic carbocycles. The maximum atomic E-state index is 12.9. The van der Waals surface area contributed by atoms with E-state index in [1.165, 1.54) is 0 Å². The summed E-state index contributed by atoms with van der Waals surface area (Å²) in [4.78, 5) is 31.7. The van der Waals surface area contributed by atoms with Crippen molar-refractivity contribution in [3.8, 4) is 5.75 Å². The summed E-state index contributed by atoms with van der Waals surface area (Å²) in [6.45, 7) is 0.504. The number of nitrogens with zero attached hydrogens (tertiary/aromatic N) is 2. The van der Waals surface area contributed by atoms with Gasteiger partial charge in [0.1, 0.15) is 17.2 Å². The van der Waals surface area contributed by atoms with Crippen molar-refractivity contribution in [2.45, 2.75) is 6.42 Å². The van der Waals surface area contributed by atoms with Crippen LogP contribution in [-0.2, 0) is 9.59 Å². The predicted molar refractivity (Wildman–Crippen MR) is 112 cm³/mol. The van der Waals surface area contributed by atoms with E-state index in [0.29, 0.717) is 29.9 Å². The van der Waals surface area contributed by atoms with Crippen molar-refractivity contribution in [2.75, 3.05) is 23.9 Å². The Morgan fingerprint density at radius 2 is 2.04 bits per heavy atom. The number of nitrogens with one attached hydrogen (secondary N) is 1. The van der Waals surface area contributed by atoms with Crippen molar-refractivity contribution in [3.63, 3.8) is 0 Å². The van der Waals surface area contributed by atoms with Crippen LogP contribution in [0.5, 0.6) is 5.75 Å². The molecule has 1 fully saturated rings. The molecular weight excluding hydrogens is 422 g/mol. The van der Waals surface area contributed by atoms with Gasteiger partial charge in [0.05, 0.1) is 18.5 Å². The molecule has 4 rings (SSSR count). The van der Waals surface area contributed by atoms with Crippen LogP contribution in [0.2, 0.25) is 0 Å². The van der Waals surface area contributed by atoms with E-state index in [2.05, 4.69) is 26.2 Å². The molecule has 0 spiro atoms. The molecule has 0 aliphatic carbocycles. The fraction of sp³-hybridized carbons (Fsp3) is 0.190. The van der Waals surface area contributed by atoms with Gasteiger partial charge >= 0.3 is 0 Å². The third-order valence-electron chi connectivity index (χ3n) is 4.88. The standard InChI is InChI=1S/C21H18BrN3O3/c1-28-18-9-8-16(13-5-4-11-23-19(13)18)24-20(26)14-10-12-25(21(14)27)17-7-3-2-6-15(17)22/h2-9,11,14H,10,12H2,1H3,(H,24,26)/t14-/m1/s1. The summed E-state index contributed by atoms with van der Waals surface area (Å²) in [6.07, 6.45) is 2.14. The molecule has 0 unspecified atom stereocenters. The van der Waals surface area contributed by atoms with E-state index >= 15 is 0 Å². The van der Waals surface area contributed by atoms with Crippen LogP contribution in [0.3, 0.4) is 0 Å². The number of para-hydroxylation sites is 1. The van der Waals surface area contributed by atoms with E-state index in [0.717, 1.165) is 15.5 Å². The molecule has 1 N–H and O–H groups in total. The van der Waals surface area contributed by atoms with Crippen LogP contribution in [-0.4, -0.2) is 30.5 Å². The molecule has 0 radical (unpaired) electrons. The van der Waals surface area contributed by atoms with Crippen molar-refractivity contribution in [1.82, 2.24) is 4.98 Å². The van der Waals surface area contributed by atoms with Crippen LogP contribution in [0.1, 0.15) is 6.42 Å². The summed E-state index contributed by atoms with van der Waals surface area (Å²) in [6, 6.07) is 14.7. The van der Waals surface area contributed by atoms with Gasteiger partial charge < -0.3 is 15.0 Å². The molecule has 1 aromatic heterocycles. The molecule has 1 atom stereocenters. The number of ether oxygens (including phenoxy) is 1. The summed E-state index contributed by atoms with van der Waals surface area (Å²) in [5.74, 6) is -0.596. The van der Waals surface area contributed by atoms with Gasteiger partial charge in [0.15, 0.2) is 0 Å². The molecular formula is C21H18BrN3O3. The largest absolute Gasteiger partial charge is 0.494 e. The molecule has 2 amide bonds. The van der Waals surface area contributed by atoms with Crippen molar-refractivity contribution >= 4 is 50.0 Å². The zero-order valence-corrected chi connectivity index (χ0v) is 16.8. The highest BCUT2D eigenvalue weighted by Gasteiger charge is 2.38. The van der Waals surface area contributed by atoms with Gasteiger partial charge in [-0.1, -0.05) is 12.1 Å². The van der Waals surface area contributed by atoms with Crippen molar-refractivity contribution < 1.29 is 14.3 Å². The predicted octanol–water partition coefficient (Wildman–Crippen LogP) is 4.00. The molecule has 7 heteroatoms. The van der Waals surface area contributed by atoms with E-state index < -0.39 is 5.92 Å². The number of hydrogen-bond acceptors (Lipinski definition) is 4. The van der Waals surface area contributed by atoms with Gasteiger partial charge in [-0.15, -0.1) is 0 Å². The zero-order chi connectivity index (χ0) is 19.7. The average molecular weight is 440 g/mol. The number of benzene rings is 2. The number of fused-ring (bicyclic) bond motifs is 1. The summed E-state index contributed by atoms with van der Waals surface area (Å²) < 4.78 is 6.17. The highest BCUT2D eigenvalue weighted by molar-refractivity contribution is 9.10. The first kappa shape index (κ1) is 18.4. The van der Waals surface area contributed by atoms with Gasteiger partial charge in [0, 0.05) is 22.6 Å². The first-order valence-corrected chi connectivity index (χ1v) is 9.68. The number of aromatic nitrogens is 1. The van der Waals surface area contributed by atoms with Crippen LogP contribution in [0.15, 0.2) is 59.2 Å². The topological polar surface area (TPSA) is 71.5 Å². The fourth-order valence-corrected chi connectivity index (χ4v) is 3.97. The minimum Gasteiger partial charge on any atom is -0.494 e. The van der Waals surface area contributed by atoms with E-state index in [-0.39, 0.29) is 11.8 Å². The second kappa shape index (κ2) is 7.59. The van der Waals surface area contributed by atoms with E-state index in [1.807, 2.05) is 30.3 Å². The van der Waals surface area contributed by atoms with E-state index in [1.54, 1.807) is 36.4 Å². The Hall–Kier alpha value is -2.93. The first-order chi connectivity index (χ1) is 13.6. The quantitative estimate of drug-likeness (QED) is 0.623. The maximum Gasteiger partial charge on any atom is 0.239 e. The molecule has 1 aliphatic heterocycles. The minimum atomic E-state index is -0.721. The minimum absolute atomic E-state index is 0.194. The Morgan fingerprint density at radius 1 is 1.21 bits per heavy atom. The molecule has 2 heterocycles. The Morgan fingerprint density at radius 3 is 2.82 bits per heavy atom. The summed E-state index contributed by atoms with van der Waals surface area (Å²) in [5, 5.41) is 3.67. The highest BCUT2D eigenvalue weighted by Crippen LogP contribution is 2.33. The molecule has 3 aromatic rings. The second-order valence-corrected chi connectivity index (χ2v) is 7.34. The number of carbonyl (C=O) groups is 2. The van der Waals surface area contributed by atoms with Gasteiger partial charge in [0.25, 0.3) is 0 Å². The third-order valence-corrected chi connectivity index (χ3v) is 5.55. The molecule has 6 nitrogen and oxygen atoms in total. The summed E-state index contributed by atoms with van der Waals surface area (Å²) >= 11 is 3.47. The lowest BCUT2D eigenvalue weighted by Gasteiger charge is -2.18. The Balaban J connectivity index is 1.58. The number of halogens is 1. The summed E-state index contributed by atoms with van der Waals surface area (Å²) in [5.41, 5.74) is 2.05. The molecule has 28 heavy (non-hydrogen) atoms. The van der Waals surface area contributed by atoms with Crippen LogP contribution in [0.4, 0.5) is 11.4 Å². The molecule has 0 saturated carbocycles. The Labute approximate surface area is 170 Å². The highest BCUT2D eigenvalue weighted by atomic mass is 79.9. The van der Waals surface area contributed by atoms with Crippen molar-refractivity contribution in [2.24, 2.45) is 5.92 Å². The normalized spacial score (nSPS) is 16.4.